The Morgan fingerprint density at radius 2 is 1.49 bits per heavy atom. The van der Waals surface area contributed by atoms with Crippen LogP contribution in [0.25, 0.3) is 60.6 Å². The van der Waals surface area contributed by atoms with Gasteiger partial charge in [0, 0.05) is 28.4 Å². The number of hydrogen-bond donors (Lipinski definition) is 0. The number of aryl methyl sites for hydroxylation is 1. The first-order chi connectivity index (χ1) is 17.3. The van der Waals surface area contributed by atoms with Gasteiger partial charge in [-0.05, 0) is 59.2 Å². The molecule has 0 amide bonds. The molecule has 2 heterocycles. The van der Waals surface area contributed by atoms with Gasteiger partial charge >= 0.3 is 0 Å². The van der Waals surface area contributed by atoms with Gasteiger partial charge < -0.3 is 4.42 Å². The lowest BCUT2D eigenvalue weighted by atomic mass is 9.95. The molecule has 0 N–H and O–H groups in total. The van der Waals surface area contributed by atoms with Crippen molar-refractivity contribution in [3.05, 3.63) is 109 Å². The number of imidazole rings is 1. The summed E-state index contributed by atoms with van der Waals surface area (Å²) in [7, 11) is 0. The lowest BCUT2D eigenvalue weighted by Gasteiger charge is -2.12. The summed E-state index contributed by atoms with van der Waals surface area (Å²) in [6, 6.07) is 36.3. The predicted octanol–water partition coefficient (Wildman–Crippen LogP) is 8.70. The third-order valence-electron chi connectivity index (χ3n) is 6.91. The number of rotatable bonds is 4. The summed E-state index contributed by atoms with van der Waals surface area (Å²) in [6.07, 6.45) is 2.00. The first-order valence-electron chi connectivity index (χ1n) is 12.2. The number of fused-ring (bicyclic) bond motifs is 5. The Balaban J connectivity index is 1.46. The first-order valence-corrected chi connectivity index (χ1v) is 12.2. The number of benzene rings is 5. The third-order valence-corrected chi connectivity index (χ3v) is 6.91. The summed E-state index contributed by atoms with van der Waals surface area (Å²) in [4.78, 5) is 4.91. The summed E-state index contributed by atoms with van der Waals surface area (Å²) in [5.74, 6) is 1.10. The molecule has 3 heteroatoms. The van der Waals surface area contributed by atoms with Crippen molar-refractivity contribution >= 4 is 43.7 Å². The summed E-state index contributed by atoms with van der Waals surface area (Å²) in [5, 5.41) is 4.73. The van der Waals surface area contributed by atoms with E-state index in [0.29, 0.717) is 0 Å². The highest BCUT2D eigenvalue weighted by Crippen LogP contribution is 2.41. The Kier molecular flexibility index (Phi) is 4.49. The monoisotopic (exact) mass is 452 g/mol. The molecule has 7 aromatic rings. The van der Waals surface area contributed by atoms with E-state index in [1.165, 1.54) is 10.8 Å². The molecule has 0 atom stereocenters. The second-order valence-electron chi connectivity index (χ2n) is 9.10. The zero-order valence-electron chi connectivity index (χ0n) is 19.5. The van der Waals surface area contributed by atoms with Gasteiger partial charge in [-0.15, -0.1) is 0 Å². The molecule has 0 saturated heterocycles. The van der Waals surface area contributed by atoms with Crippen LogP contribution in [0.2, 0.25) is 0 Å². The van der Waals surface area contributed by atoms with E-state index in [1.54, 1.807) is 0 Å². The molecule has 0 unspecified atom stereocenters. The van der Waals surface area contributed by atoms with E-state index in [9.17, 15) is 0 Å². The molecule has 0 radical (unpaired) electrons. The fourth-order valence-electron chi connectivity index (χ4n) is 5.34. The molecule has 0 aliphatic heterocycles. The van der Waals surface area contributed by atoms with E-state index in [4.69, 9.17) is 9.40 Å². The normalized spacial score (nSPS) is 11.8. The minimum atomic E-state index is 0.921. The molecule has 5 aromatic carbocycles. The number of aromatic nitrogens is 2. The van der Waals surface area contributed by atoms with Crippen molar-refractivity contribution in [2.24, 2.45) is 0 Å². The summed E-state index contributed by atoms with van der Waals surface area (Å²) >= 11 is 0. The SMILES string of the molecule is CCCc1nc2ccccc2n1-c1ccc(-c2c3ccccc3cc3c2oc2ccccc23)cc1. The van der Waals surface area contributed by atoms with E-state index in [2.05, 4.69) is 102 Å². The lowest BCUT2D eigenvalue weighted by molar-refractivity contribution is 0.670. The molecule has 0 aliphatic rings. The van der Waals surface area contributed by atoms with Gasteiger partial charge in [-0.2, -0.15) is 0 Å². The van der Waals surface area contributed by atoms with Crippen molar-refractivity contribution in [2.75, 3.05) is 0 Å². The zero-order valence-corrected chi connectivity index (χ0v) is 19.5. The molecule has 35 heavy (non-hydrogen) atoms. The van der Waals surface area contributed by atoms with Crippen LogP contribution in [0.15, 0.2) is 108 Å². The highest BCUT2D eigenvalue weighted by Gasteiger charge is 2.17. The van der Waals surface area contributed by atoms with E-state index >= 15 is 0 Å². The van der Waals surface area contributed by atoms with Crippen LogP contribution in [0.1, 0.15) is 19.2 Å². The van der Waals surface area contributed by atoms with Gasteiger partial charge in [-0.25, -0.2) is 4.98 Å². The number of nitrogens with zero attached hydrogens (tertiary/aromatic N) is 2. The van der Waals surface area contributed by atoms with Crippen molar-refractivity contribution in [1.29, 1.82) is 0 Å². The predicted molar refractivity (Wildman–Crippen MR) is 145 cm³/mol. The average Bonchev–Trinajstić information content (AvgIpc) is 3.45. The lowest BCUT2D eigenvalue weighted by Crippen LogP contribution is -2.01. The van der Waals surface area contributed by atoms with E-state index in [1.807, 2.05) is 12.1 Å². The summed E-state index contributed by atoms with van der Waals surface area (Å²) in [5.41, 5.74) is 7.47. The van der Waals surface area contributed by atoms with Gasteiger partial charge in [0.15, 0.2) is 0 Å². The molecule has 7 rings (SSSR count). The van der Waals surface area contributed by atoms with Crippen molar-refractivity contribution < 1.29 is 4.42 Å². The van der Waals surface area contributed by atoms with Crippen LogP contribution in [-0.4, -0.2) is 9.55 Å². The van der Waals surface area contributed by atoms with Gasteiger partial charge in [0.1, 0.15) is 17.0 Å². The van der Waals surface area contributed by atoms with Gasteiger partial charge in [0.25, 0.3) is 0 Å². The first kappa shape index (κ1) is 20.0. The van der Waals surface area contributed by atoms with Gasteiger partial charge in [0.05, 0.1) is 11.0 Å². The van der Waals surface area contributed by atoms with Gasteiger partial charge in [0.2, 0.25) is 0 Å². The number of hydrogen-bond acceptors (Lipinski definition) is 2. The van der Waals surface area contributed by atoms with E-state index < -0.39 is 0 Å². The second-order valence-corrected chi connectivity index (χ2v) is 9.10. The number of furan rings is 1. The molecule has 2 aromatic heterocycles. The van der Waals surface area contributed by atoms with Crippen LogP contribution in [0, 0.1) is 0 Å². The minimum Gasteiger partial charge on any atom is -0.455 e. The van der Waals surface area contributed by atoms with Crippen LogP contribution in [-0.2, 0) is 6.42 Å². The topological polar surface area (TPSA) is 31.0 Å². The van der Waals surface area contributed by atoms with Gasteiger partial charge in [-0.3, -0.25) is 4.57 Å². The maximum atomic E-state index is 6.44. The van der Waals surface area contributed by atoms with Crippen LogP contribution >= 0.6 is 0 Å². The molecular weight excluding hydrogens is 428 g/mol. The molecule has 0 spiro atoms. The molecule has 0 fully saturated rings. The summed E-state index contributed by atoms with van der Waals surface area (Å²) in [6.45, 7) is 2.20. The maximum Gasteiger partial charge on any atom is 0.143 e. The highest BCUT2D eigenvalue weighted by atomic mass is 16.3. The molecule has 0 aliphatic carbocycles. The molecular formula is C32H24N2O. The highest BCUT2D eigenvalue weighted by molar-refractivity contribution is 6.18. The fraction of sp³-hybridized carbons (Fsp3) is 0.0938. The molecule has 0 saturated carbocycles. The average molecular weight is 453 g/mol. The minimum absolute atomic E-state index is 0.921. The standard InChI is InChI=1S/C32H24N2O/c1-2-9-30-33-27-13-6-7-14-28(27)34(30)23-18-16-21(17-19-23)31-24-11-4-3-10-22(24)20-26-25-12-5-8-15-29(25)35-32(26)31/h3-8,10-20H,2,9H2,1H3. The number of para-hydroxylation sites is 3. The van der Waals surface area contributed by atoms with Crippen LogP contribution in [0.5, 0.6) is 0 Å². The van der Waals surface area contributed by atoms with Crippen LogP contribution < -0.4 is 0 Å². The zero-order chi connectivity index (χ0) is 23.4. The molecule has 168 valence electrons. The van der Waals surface area contributed by atoms with Gasteiger partial charge in [-0.1, -0.05) is 73.7 Å². The Morgan fingerprint density at radius 1 is 0.743 bits per heavy atom. The largest absolute Gasteiger partial charge is 0.455 e. The Morgan fingerprint density at radius 3 is 2.34 bits per heavy atom. The van der Waals surface area contributed by atoms with Crippen LogP contribution in [0.3, 0.4) is 0 Å². The van der Waals surface area contributed by atoms with E-state index in [-0.39, 0.29) is 0 Å². The second kappa shape index (κ2) is 7.85. The van der Waals surface area contributed by atoms with Crippen LogP contribution in [0.4, 0.5) is 0 Å². The Hall–Kier alpha value is -4.37. The Bertz CT molecular complexity index is 1850. The quantitative estimate of drug-likeness (QED) is 0.267. The fourth-order valence-corrected chi connectivity index (χ4v) is 5.34. The van der Waals surface area contributed by atoms with Crippen molar-refractivity contribution in [2.45, 2.75) is 19.8 Å². The third kappa shape index (κ3) is 3.08. The van der Waals surface area contributed by atoms with Crippen molar-refractivity contribution in [3.8, 4) is 16.8 Å². The Labute approximate surface area is 203 Å². The van der Waals surface area contributed by atoms with Crippen molar-refractivity contribution in [3.63, 3.8) is 0 Å². The smallest absolute Gasteiger partial charge is 0.143 e. The summed E-state index contributed by atoms with van der Waals surface area (Å²) < 4.78 is 8.74. The molecule has 0 bridgehead atoms. The van der Waals surface area contributed by atoms with Crippen molar-refractivity contribution in [1.82, 2.24) is 9.55 Å². The van der Waals surface area contributed by atoms with E-state index in [0.717, 1.165) is 68.5 Å². The maximum absolute atomic E-state index is 6.44. The molecule has 3 nitrogen and oxygen atoms in total.